The van der Waals surface area contributed by atoms with Gasteiger partial charge in [0.05, 0.1) is 0 Å². The topological polar surface area (TPSA) is 24.1 Å². The minimum atomic E-state index is -0.775. The lowest BCUT2D eigenvalue weighted by atomic mass is 10.1. The van der Waals surface area contributed by atoms with Crippen LogP contribution in [-0.4, -0.2) is 25.7 Å². The molecule has 1 unspecified atom stereocenters. The van der Waals surface area contributed by atoms with Gasteiger partial charge in [0.25, 0.3) is 0 Å². The Morgan fingerprint density at radius 3 is 2.76 bits per heavy atom. The van der Waals surface area contributed by atoms with Crippen molar-refractivity contribution in [2.24, 2.45) is 0 Å². The van der Waals surface area contributed by atoms with Crippen LogP contribution in [0.2, 0.25) is 0 Å². The zero-order valence-corrected chi connectivity index (χ0v) is 10.4. The summed E-state index contributed by atoms with van der Waals surface area (Å²) in [5, 5.41) is 6.48. The molecule has 2 nitrogen and oxygen atoms in total. The second-order valence-corrected chi connectivity index (χ2v) is 4.13. The van der Waals surface area contributed by atoms with Crippen LogP contribution in [0, 0.1) is 11.6 Å². The van der Waals surface area contributed by atoms with Crippen LogP contribution in [-0.2, 0) is 6.42 Å². The highest BCUT2D eigenvalue weighted by Crippen LogP contribution is 2.11. The van der Waals surface area contributed by atoms with E-state index in [0.29, 0.717) is 24.6 Å². The van der Waals surface area contributed by atoms with Crippen LogP contribution in [0.25, 0.3) is 0 Å². The monoisotopic (exact) mass is 242 g/mol. The maximum absolute atomic E-state index is 13.3. The van der Waals surface area contributed by atoms with E-state index in [1.807, 2.05) is 0 Å². The lowest BCUT2D eigenvalue weighted by Gasteiger charge is -2.14. The van der Waals surface area contributed by atoms with Gasteiger partial charge in [-0.15, -0.1) is 0 Å². The first-order valence-electron chi connectivity index (χ1n) is 6.02. The minimum absolute atomic E-state index is 0.326. The SMILES string of the molecule is CCNCC(C)NCCc1cccc(F)c1F. The van der Waals surface area contributed by atoms with Crippen molar-refractivity contribution in [3.63, 3.8) is 0 Å². The summed E-state index contributed by atoms with van der Waals surface area (Å²) in [6.45, 7) is 6.57. The number of hydrogen-bond donors (Lipinski definition) is 2. The van der Waals surface area contributed by atoms with Gasteiger partial charge >= 0.3 is 0 Å². The summed E-state index contributed by atoms with van der Waals surface area (Å²) in [7, 11) is 0. The van der Waals surface area contributed by atoms with Crippen LogP contribution in [0.3, 0.4) is 0 Å². The third-order valence-electron chi connectivity index (χ3n) is 2.62. The van der Waals surface area contributed by atoms with Gasteiger partial charge in [-0.25, -0.2) is 8.78 Å². The molecule has 0 saturated heterocycles. The molecule has 0 heterocycles. The molecular weight excluding hydrogens is 222 g/mol. The van der Waals surface area contributed by atoms with Gasteiger partial charge in [0.1, 0.15) is 0 Å². The zero-order valence-electron chi connectivity index (χ0n) is 10.4. The summed E-state index contributed by atoms with van der Waals surface area (Å²) in [5.41, 5.74) is 0.424. The summed E-state index contributed by atoms with van der Waals surface area (Å²) in [6, 6.07) is 4.62. The van der Waals surface area contributed by atoms with E-state index >= 15 is 0 Å². The number of benzene rings is 1. The number of hydrogen-bond acceptors (Lipinski definition) is 2. The standard InChI is InChI=1S/C13H20F2N2/c1-3-16-9-10(2)17-8-7-11-5-4-6-12(14)13(11)15/h4-6,10,16-17H,3,7-9H2,1-2H3. The van der Waals surface area contributed by atoms with Gasteiger partial charge in [-0.3, -0.25) is 0 Å². The molecule has 1 aromatic rings. The molecule has 0 aliphatic heterocycles. The Kier molecular flexibility index (Phi) is 6.08. The lowest BCUT2D eigenvalue weighted by Crippen LogP contribution is -2.37. The van der Waals surface area contributed by atoms with E-state index < -0.39 is 11.6 Å². The third kappa shape index (κ3) is 4.79. The number of likely N-dealkylation sites (N-methyl/N-ethyl adjacent to an activating group) is 1. The molecule has 0 saturated carbocycles. The van der Waals surface area contributed by atoms with Crippen molar-refractivity contribution in [2.75, 3.05) is 19.6 Å². The summed E-state index contributed by atoms with van der Waals surface area (Å²) in [6.07, 6.45) is 0.500. The zero-order chi connectivity index (χ0) is 12.7. The molecule has 0 fully saturated rings. The van der Waals surface area contributed by atoms with Crippen LogP contribution < -0.4 is 10.6 Å². The first-order chi connectivity index (χ1) is 8.15. The van der Waals surface area contributed by atoms with Crippen molar-refractivity contribution in [3.05, 3.63) is 35.4 Å². The van der Waals surface area contributed by atoms with Gasteiger partial charge in [0, 0.05) is 12.6 Å². The van der Waals surface area contributed by atoms with E-state index in [1.54, 1.807) is 6.07 Å². The van der Waals surface area contributed by atoms with Gasteiger partial charge in [-0.1, -0.05) is 19.1 Å². The molecule has 0 aliphatic rings. The van der Waals surface area contributed by atoms with Crippen LogP contribution in [0.5, 0.6) is 0 Å². The summed E-state index contributed by atoms with van der Waals surface area (Å²) in [4.78, 5) is 0. The van der Waals surface area contributed by atoms with Crippen molar-refractivity contribution < 1.29 is 8.78 Å². The third-order valence-corrected chi connectivity index (χ3v) is 2.62. The Bertz CT molecular complexity index is 342. The quantitative estimate of drug-likeness (QED) is 0.765. The molecule has 1 atom stereocenters. The number of halogens is 2. The summed E-state index contributed by atoms with van der Waals surface area (Å²) in [5.74, 6) is -1.50. The molecule has 0 radical (unpaired) electrons. The van der Waals surface area contributed by atoms with Crippen molar-refractivity contribution >= 4 is 0 Å². The highest BCUT2D eigenvalue weighted by Gasteiger charge is 2.07. The molecule has 4 heteroatoms. The second kappa shape index (κ2) is 7.35. The minimum Gasteiger partial charge on any atom is -0.315 e. The van der Waals surface area contributed by atoms with Gasteiger partial charge < -0.3 is 10.6 Å². The molecule has 96 valence electrons. The van der Waals surface area contributed by atoms with Gasteiger partial charge in [0.2, 0.25) is 0 Å². The van der Waals surface area contributed by atoms with E-state index in [9.17, 15) is 8.78 Å². The number of rotatable bonds is 7. The largest absolute Gasteiger partial charge is 0.315 e. The Balaban J connectivity index is 2.33. The fraction of sp³-hybridized carbons (Fsp3) is 0.538. The molecule has 1 aromatic carbocycles. The molecule has 0 aliphatic carbocycles. The van der Waals surface area contributed by atoms with E-state index in [-0.39, 0.29) is 0 Å². The van der Waals surface area contributed by atoms with Gasteiger partial charge in [-0.2, -0.15) is 0 Å². The maximum atomic E-state index is 13.3. The van der Waals surface area contributed by atoms with Crippen molar-refractivity contribution in [2.45, 2.75) is 26.3 Å². The van der Waals surface area contributed by atoms with Crippen LogP contribution in [0.4, 0.5) is 8.78 Å². The van der Waals surface area contributed by atoms with Crippen LogP contribution in [0.15, 0.2) is 18.2 Å². The predicted molar refractivity (Wildman–Crippen MR) is 66.1 cm³/mol. The average molecular weight is 242 g/mol. The van der Waals surface area contributed by atoms with Gasteiger partial charge in [-0.05, 0) is 38.1 Å². The van der Waals surface area contributed by atoms with Crippen molar-refractivity contribution in [3.8, 4) is 0 Å². The highest BCUT2D eigenvalue weighted by molar-refractivity contribution is 5.19. The van der Waals surface area contributed by atoms with Crippen molar-refractivity contribution in [1.82, 2.24) is 10.6 Å². The number of nitrogens with one attached hydrogen (secondary N) is 2. The molecule has 0 aromatic heterocycles. The first-order valence-corrected chi connectivity index (χ1v) is 6.02. The Morgan fingerprint density at radius 1 is 1.29 bits per heavy atom. The normalized spacial score (nSPS) is 12.7. The predicted octanol–water partition coefficient (Wildman–Crippen LogP) is 2.09. The summed E-state index contributed by atoms with van der Waals surface area (Å²) < 4.78 is 26.2. The Morgan fingerprint density at radius 2 is 2.06 bits per heavy atom. The maximum Gasteiger partial charge on any atom is 0.162 e. The Labute approximate surface area is 101 Å². The molecule has 2 N–H and O–H groups in total. The van der Waals surface area contributed by atoms with E-state index in [0.717, 1.165) is 19.2 Å². The summed E-state index contributed by atoms with van der Waals surface area (Å²) >= 11 is 0. The fourth-order valence-electron chi connectivity index (χ4n) is 1.63. The lowest BCUT2D eigenvalue weighted by molar-refractivity contribution is 0.485. The molecular formula is C13H20F2N2. The fourth-order valence-corrected chi connectivity index (χ4v) is 1.63. The molecule has 0 spiro atoms. The molecule has 0 amide bonds. The van der Waals surface area contributed by atoms with Crippen LogP contribution in [0.1, 0.15) is 19.4 Å². The van der Waals surface area contributed by atoms with E-state index in [1.165, 1.54) is 6.07 Å². The van der Waals surface area contributed by atoms with Crippen molar-refractivity contribution in [1.29, 1.82) is 0 Å². The van der Waals surface area contributed by atoms with Crippen LogP contribution >= 0.6 is 0 Å². The smallest absolute Gasteiger partial charge is 0.162 e. The van der Waals surface area contributed by atoms with E-state index in [2.05, 4.69) is 24.5 Å². The molecule has 0 bridgehead atoms. The van der Waals surface area contributed by atoms with Gasteiger partial charge in [0.15, 0.2) is 11.6 Å². The highest BCUT2D eigenvalue weighted by atomic mass is 19.2. The second-order valence-electron chi connectivity index (χ2n) is 4.13. The Hall–Kier alpha value is -1.00. The first kappa shape index (κ1) is 14.1. The average Bonchev–Trinajstić information content (AvgIpc) is 2.32. The van der Waals surface area contributed by atoms with E-state index in [4.69, 9.17) is 0 Å². The molecule has 1 rings (SSSR count). The molecule has 17 heavy (non-hydrogen) atoms.